The van der Waals surface area contributed by atoms with Crippen LogP contribution in [0.1, 0.15) is 30.1 Å². The maximum Gasteiger partial charge on any atom is 0.264 e. The number of amides is 1. The fraction of sp³-hybridized carbons (Fsp3) is 0.350. The van der Waals surface area contributed by atoms with E-state index >= 15 is 0 Å². The molecule has 2 aromatic rings. The van der Waals surface area contributed by atoms with Gasteiger partial charge in [-0.05, 0) is 50.1 Å². The first kappa shape index (κ1) is 20.6. The van der Waals surface area contributed by atoms with Gasteiger partial charge in [-0.15, -0.1) is 0 Å². The van der Waals surface area contributed by atoms with Crippen molar-refractivity contribution in [2.24, 2.45) is 0 Å². The van der Waals surface area contributed by atoms with Gasteiger partial charge in [0, 0.05) is 13.7 Å². The van der Waals surface area contributed by atoms with Gasteiger partial charge < -0.3 is 10.1 Å². The van der Waals surface area contributed by atoms with E-state index in [1.165, 1.54) is 29.6 Å². The van der Waals surface area contributed by atoms with Crippen molar-refractivity contribution in [2.75, 3.05) is 18.0 Å². The van der Waals surface area contributed by atoms with Gasteiger partial charge in [0.05, 0.1) is 33.3 Å². The number of benzene rings is 2. The van der Waals surface area contributed by atoms with Crippen LogP contribution in [-0.4, -0.2) is 40.1 Å². The Balaban J connectivity index is 1.85. The average Bonchev–Trinajstić information content (AvgIpc) is 3.23. The normalized spacial score (nSPS) is 17.9. The number of anilines is 1. The number of halogens is 1. The van der Waals surface area contributed by atoms with Crippen LogP contribution in [-0.2, 0) is 14.8 Å². The van der Waals surface area contributed by atoms with Crippen LogP contribution in [0.2, 0.25) is 5.02 Å². The first-order valence-electron chi connectivity index (χ1n) is 9.06. The lowest BCUT2D eigenvalue weighted by atomic mass is 10.1. The largest absolute Gasteiger partial charge is 0.376 e. The maximum absolute atomic E-state index is 13.0. The third kappa shape index (κ3) is 4.32. The van der Waals surface area contributed by atoms with Crippen LogP contribution in [0.3, 0.4) is 0 Å². The molecule has 0 bridgehead atoms. The molecule has 1 N–H and O–H groups in total. The van der Waals surface area contributed by atoms with Gasteiger partial charge in [0.25, 0.3) is 15.9 Å². The summed E-state index contributed by atoms with van der Waals surface area (Å²) in [5.74, 6) is -0.424. The van der Waals surface area contributed by atoms with Crippen LogP contribution in [0.4, 0.5) is 5.69 Å². The summed E-state index contributed by atoms with van der Waals surface area (Å²) in [6.07, 6.45) is 1.80. The van der Waals surface area contributed by atoms with Crippen LogP contribution in [0.25, 0.3) is 0 Å². The third-order valence-corrected chi connectivity index (χ3v) is 6.95. The second-order valence-electron chi connectivity index (χ2n) is 6.76. The number of carbonyl (C=O) groups is 1. The molecule has 0 spiro atoms. The van der Waals surface area contributed by atoms with Gasteiger partial charge in [-0.25, -0.2) is 8.42 Å². The van der Waals surface area contributed by atoms with Gasteiger partial charge in [0.15, 0.2) is 0 Å². The van der Waals surface area contributed by atoms with Crippen molar-refractivity contribution in [1.29, 1.82) is 0 Å². The van der Waals surface area contributed by atoms with Gasteiger partial charge in [-0.2, -0.15) is 0 Å². The lowest BCUT2D eigenvalue weighted by Crippen LogP contribution is -2.41. The lowest BCUT2D eigenvalue weighted by Gasteiger charge is -2.21. The van der Waals surface area contributed by atoms with Crippen molar-refractivity contribution in [3.8, 4) is 0 Å². The predicted octanol–water partition coefficient (Wildman–Crippen LogP) is 3.46. The Morgan fingerprint density at radius 1 is 1.25 bits per heavy atom. The number of hydrogen-bond donors (Lipinski definition) is 1. The van der Waals surface area contributed by atoms with E-state index in [9.17, 15) is 13.2 Å². The number of para-hydroxylation sites is 1. The summed E-state index contributed by atoms with van der Waals surface area (Å²) in [5, 5.41) is 3.05. The molecule has 1 saturated heterocycles. The molecule has 0 aliphatic carbocycles. The SMILES string of the molecule is CC(NC(=O)c1cc(S(=O)(=O)N(C)c2ccccc2)ccc1Cl)C1CCCO1. The van der Waals surface area contributed by atoms with Gasteiger partial charge in [-0.1, -0.05) is 29.8 Å². The van der Waals surface area contributed by atoms with E-state index in [2.05, 4.69) is 5.32 Å². The first-order valence-corrected chi connectivity index (χ1v) is 10.9. The number of nitrogens with one attached hydrogen (secondary N) is 1. The molecule has 2 aromatic carbocycles. The highest BCUT2D eigenvalue weighted by Crippen LogP contribution is 2.26. The Morgan fingerprint density at radius 3 is 2.61 bits per heavy atom. The summed E-state index contributed by atoms with van der Waals surface area (Å²) in [7, 11) is -2.37. The van der Waals surface area contributed by atoms with E-state index in [1.54, 1.807) is 24.3 Å². The topological polar surface area (TPSA) is 75.7 Å². The Morgan fingerprint density at radius 2 is 1.96 bits per heavy atom. The third-order valence-electron chi connectivity index (χ3n) is 4.84. The smallest absolute Gasteiger partial charge is 0.264 e. The molecule has 1 aliphatic rings. The highest BCUT2D eigenvalue weighted by Gasteiger charge is 2.27. The Kier molecular flexibility index (Phi) is 6.27. The fourth-order valence-corrected chi connectivity index (χ4v) is 4.57. The van der Waals surface area contributed by atoms with Crippen LogP contribution >= 0.6 is 11.6 Å². The van der Waals surface area contributed by atoms with Crippen LogP contribution in [0.15, 0.2) is 53.4 Å². The van der Waals surface area contributed by atoms with Crippen LogP contribution in [0.5, 0.6) is 0 Å². The molecular formula is C20H23ClN2O4S. The molecule has 0 saturated carbocycles. The zero-order valence-electron chi connectivity index (χ0n) is 15.8. The molecule has 1 fully saturated rings. The van der Waals surface area contributed by atoms with Crippen molar-refractivity contribution in [3.63, 3.8) is 0 Å². The summed E-state index contributed by atoms with van der Waals surface area (Å²) < 4.78 is 32.7. The highest BCUT2D eigenvalue weighted by atomic mass is 35.5. The molecule has 1 aliphatic heterocycles. The number of rotatable bonds is 6. The molecule has 8 heteroatoms. The maximum atomic E-state index is 13.0. The minimum Gasteiger partial charge on any atom is -0.376 e. The van der Waals surface area contributed by atoms with Gasteiger partial charge in [0.2, 0.25) is 0 Å². The minimum atomic E-state index is -3.84. The summed E-state index contributed by atoms with van der Waals surface area (Å²) in [6, 6.07) is 12.7. The van der Waals surface area contributed by atoms with Crippen molar-refractivity contribution in [3.05, 3.63) is 59.1 Å². The van der Waals surface area contributed by atoms with Gasteiger partial charge in [0.1, 0.15) is 0 Å². The molecule has 0 aromatic heterocycles. The number of sulfonamides is 1. The quantitative estimate of drug-likeness (QED) is 0.773. The highest BCUT2D eigenvalue weighted by molar-refractivity contribution is 7.92. The molecule has 150 valence electrons. The van der Waals surface area contributed by atoms with Crippen LogP contribution in [0, 0.1) is 0 Å². The monoisotopic (exact) mass is 422 g/mol. The molecule has 28 heavy (non-hydrogen) atoms. The second kappa shape index (κ2) is 8.51. The van der Waals surface area contributed by atoms with E-state index < -0.39 is 15.9 Å². The summed E-state index contributed by atoms with van der Waals surface area (Å²) in [6.45, 7) is 2.55. The zero-order chi connectivity index (χ0) is 20.3. The van der Waals surface area contributed by atoms with E-state index in [1.807, 2.05) is 13.0 Å². The fourth-order valence-electron chi connectivity index (χ4n) is 3.15. The number of ether oxygens (including phenoxy) is 1. The molecule has 6 nitrogen and oxygen atoms in total. The summed E-state index contributed by atoms with van der Waals surface area (Å²) in [4.78, 5) is 12.7. The molecule has 2 atom stereocenters. The predicted molar refractivity (Wildman–Crippen MR) is 109 cm³/mol. The van der Waals surface area contributed by atoms with E-state index in [-0.39, 0.29) is 27.6 Å². The van der Waals surface area contributed by atoms with Crippen molar-refractivity contribution < 1.29 is 17.9 Å². The second-order valence-corrected chi connectivity index (χ2v) is 9.14. The van der Waals surface area contributed by atoms with Crippen molar-refractivity contribution >= 4 is 33.2 Å². The zero-order valence-corrected chi connectivity index (χ0v) is 17.3. The van der Waals surface area contributed by atoms with E-state index in [0.29, 0.717) is 12.3 Å². The van der Waals surface area contributed by atoms with Gasteiger partial charge >= 0.3 is 0 Å². The molecule has 0 radical (unpaired) electrons. The van der Waals surface area contributed by atoms with Gasteiger partial charge in [-0.3, -0.25) is 9.10 Å². The first-order chi connectivity index (χ1) is 13.3. The molecule has 3 rings (SSSR count). The van der Waals surface area contributed by atoms with E-state index in [4.69, 9.17) is 16.3 Å². The Hall–Kier alpha value is -2.09. The van der Waals surface area contributed by atoms with E-state index in [0.717, 1.165) is 12.8 Å². The number of carbonyl (C=O) groups excluding carboxylic acids is 1. The van der Waals surface area contributed by atoms with Crippen LogP contribution < -0.4 is 9.62 Å². The standard InChI is InChI=1S/C20H23ClN2O4S/c1-14(19-9-6-12-27-19)22-20(24)17-13-16(10-11-18(17)21)28(25,26)23(2)15-7-4-3-5-8-15/h3-5,7-8,10-11,13-14,19H,6,9,12H2,1-2H3,(H,22,24). The molecule has 2 unspecified atom stereocenters. The lowest BCUT2D eigenvalue weighted by molar-refractivity contribution is 0.0712. The number of nitrogens with zero attached hydrogens (tertiary/aromatic N) is 1. The summed E-state index contributed by atoms with van der Waals surface area (Å²) in [5.41, 5.74) is 0.643. The molecular weight excluding hydrogens is 400 g/mol. The molecule has 1 amide bonds. The Labute approximate surface area is 170 Å². The summed E-state index contributed by atoms with van der Waals surface area (Å²) >= 11 is 6.18. The van der Waals surface area contributed by atoms with Crippen molar-refractivity contribution in [2.45, 2.75) is 36.8 Å². The molecule has 1 heterocycles. The Bertz CT molecular complexity index is 944. The van der Waals surface area contributed by atoms with Crippen molar-refractivity contribution in [1.82, 2.24) is 5.32 Å². The minimum absolute atomic E-state index is 0.00169. The average molecular weight is 423 g/mol. The number of hydrogen-bond acceptors (Lipinski definition) is 4.